The third-order valence-electron chi connectivity index (χ3n) is 4.24. The van der Waals surface area contributed by atoms with E-state index in [0.29, 0.717) is 22.9 Å². The van der Waals surface area contributed by atoms with Crippen molar-refractivity contribution in [1.29, 1.82) is 0 Å². The number of hydrogen-bond donors (Lipinski definition) is 1. The number of hydrogen-bond acceptors (Lipinski definition) is 4. The fourth-order valence-corrected chi connectivity index (χ4v) is 4.14. The Morgan fingerprint density at radius 3 is 2.74 bits per heavy atom. The molecule has 1 heterocycles. The number of carbonyl (C=O) groups excluding carboxylic acids is 1. The lowest BCUT2D eigenvalue weighted by molar-refractivity contribution is -0.118. The number of nitrogens with zero attached hydrogens (tertiary/aromatic N) is 2. The molecular weight excluding hydrogens is 310 g/mol. The molecular formula is C17H21N3O2S. The van der Waals surface area contributed by atoms with E-state index in [0.717, 1.165) is 11.1 Å². The molecule has 1 aliphatic rings. The lowest BCUT2D eigenvalue weighted by Crippen LogP contribution is -2.28. The molecule has 6 heteroatoms. The van der Waals surface area contributed by atoms with E-state index < -0.39 is 0 Å². The Morgan fingerprint density at radius 1 is 1.30 bits per heavy atom. The predicted octanol–water partition coefficient (Wildman–Crippen LogP) is 2.23. The maximum atomic E-state index is 12.1. The van der Waals surface area contributed by atoms with Crippen LogP contribution in [0, 0.1) is 0 Å². The largest absolute Gasteiger partial charge is 0.350 e. The summed E-state index contributed by atoms with van der Waals surface area (Å²) >= 11 is 1.75. The minimum Gasteiger partial charge on any atom is -0.350 e. The second-order valence-electron chi connectivity index (χ2n) is 5.92. The summed E-state index contributed by atoms with van der Waals surface area (Å²) < 4.78 is 1.33. The van der Waals surface area contributed by atoms with E-state index in [1.807, 2.05) is 18.2 Å². The molecule has 122 valence electrons. The summed E-state index contributed by atoms with van der Waals surface area (Å²) in [6.45, 7) is 0.346. The van der Waals surface area contributed by atoms with E-state index >= 15 is 0 Å². The molecule has 0 aliphatic heterocycles. The molecule has 0 unspecified atom stereocenters. The predicted molar refractivity (Wildman–Crippen MR) is 93.5 cm³/mol. The number of carbonyl (C=O) groups is 1. The number of nitrogens with one attached hydrogen (secondary N) is 1. The molecule has 1 N–H and O–H groups in total. The lowest BCUT2D eigenvalue weighted by atomic mass is 10.1. The van der Waals surface area contributed by atoms with Gasteiger partial charge in [-0.15, -0.1) is 11.8 Å². The molecule has 0 saturated heterocycles. The summed E-state index contributed by atoms with van der Waals surface area (Å²) in [5.74, 6) is 0.524. The van der Waals surface area contributed by atoms with Gasteiger partial charge in [0.25, 0.3) is 5.56 Å². The highest BCUT2D eigenvalue weighted by atomic mass is 32.2. The van der Waals surface area contributed by atoms with E-state index in [9.17, 15) is 9.59 Å². The van der Waals surface area contributed by atoms with Gasteiger partial charge in [0.2, 0.25) is 5.91 Å². The second kappa shape index (κ2) is 7.17. The van der Waals surface area contributed by atoms with Crippen molar-refractivity contribution in [2.75, 3.05) is 5.75 Å². The summed E-state index contributed by atoms with van der Waals surface area (Å²) in [6, 6.07) is 7.38. The van der Waals surface area contributed by atoms with Gasteiger partial charge in [0.1, 0.15) is 0 Å². The Balaban J connectivity index is 1.66. The topological polar surface area (TPSA) is 64.0 Å². The van der Waals surface area contributed by atoms with Crippen LogP contribution in [-0.2, 0) is 18.4 Å². The van der Waals surface area contributed by atoms with Gasteiger partial charge in [-0.25, -0.2) is 4.68 Å². The smallest absolute Gasteiger partial charge is 0.274 e. The SMILES string of the molecule is Cn1nc(CNC(=O)CSC2CCCC2)c2ccccc2c1=O. The summed E-state index contributed by atoms with van der Waals surface area (Å²) in [4.78, 5) is 24.1. The highest BCUT2D eigenvalue weighted by Gasteiger charge is 2.17. The van der Waals surface area contributed by atoms with Gasteiger partial charge in [0, 0.05) is 17.7 Å². The highest BCUT2D eigenvalue weighted by molar-refractivity contribution is 8.00. The zero-order chi connectivity index (χ0) is 16.2. The van der Waals surface area contributed by atoms with E-state index in [1.165, 1.54) is 30.4 Å². The van der Waals surface area contributed by atoms with Crippen molar-refractivity contribution in [3.63, 3.8) is 0 Å². The van der Waals surface area contributed by atoms with Gasteiger partial charge in [-0.1, -0.05) is 31.0 Å². The van der Waals surface area contributed by atoms with Crippen LogP contribution in [0.3, 0.4) is 0 Å². The minimum atomic E-state index is -0.118. The first-order chi connectivity index (χ1) is 11.1. The van der Waals surface area contributed by atoms with E-state index in [4.69, 9.17) is 0 Å². The first-order valence-corrected chi connectivity index (χ1v) is 9.03. The number of thioether (sulfide) groups is 1. The van der Waals surface area contributed by atoms with Crippen molar-refractivity contribution >= 4 is 28.4 Å². The standard InChI is InChI=1S/C17H21N3O2S/c1-20-17(22)14-9-5-4-8-13(14)15(19-20)10-18-16(21)11-23-12-6-2-3-7-12/h4-5,8-9,12H,2-3,6-7,10-11H2,1H3,(H,18,21). The van der Waals surface area contributed by atoms with Gasteiger partial charge in [-0.3, -0.25) is 9.59 Å². The van der Waals surface area contributed by atoms with Gasteiger partial charge in [-0.2, -0.15) is 5.10 Å². The molecule has 1 saturated carbocycles. The van der Waals surface area contributed by atoms with E-state index in [1.54, 1.807) is 24.9 Å². The van der Waals surface area contributed by atoms with Gasteiger partial charge in [0.05, 0.1) is 23.4 Å². The third-order valence-corrected chi connectivity index (χ3v) is 5.61. The Labute approximate surface area is 139 Å². The molecule has 0 radical (unpaired) electrons. The summed E-state index contributed by atoms with van der Waals surface area (Å²) in [7, 11) is 1.63. The molecule has 1 fully saturated rings. The Morgan fingerprint density at radius 2 is 2.00 bits per heavy atom. The van der Waals surface area contributed by atoms with Gasteiger partial charge >= 0.3 is 0 Å². The Kier molecular flexibility index (Phi) is 5.00. The van der Waals surface area contributed by atoms with Crippen LogP contribution in [0.5, 0.6) is 0 Å². The number of aromatic nitrogens is 2. The van der Waals surface area contributed by atoms with Crippen molar-refractivity contribution in [3.8, 4) is 0 Å². The molecule has 1 aromatic carbocycles. The van der Waals surface area contributed by atoms with Gasteiger partial charge in [0.15, 0.2) is 0 Å². The highest BCUT2D eigenvalue weighted by Crippen LogP contribution is 2.29. The number of fused-ring (bicyclic) bond motifs is 1. The van der Waals surface area contributed by atoms with Crippen LogP contribution in [0.25, 0.3) is 10.8 Å². The van der Waals surface area contributed by atoms with Crippen LogP contribution in [0.15, 0.2) is 29.1 Å². The van der Waals surface area contributed by atoms with Crippen molar-refractivity contribution in [1.82, 2.24) is 15.1 Å². The minimum absolute atomic E-state index is 0.0293. The Bertz CT molecular complexity index is 766. The molecule has 2 aromatic rings. The van der Waals surface area contributed by atoms with E-state index in [-0.39, 0.29) is 11.5 Å². The zero-order valence-electron chi connectivity index (χ0n) is 13.2. The molecule has 0 atom stereocenters. The molecule has 0 spiro atoms. The van der Waals surface area contributed by atoms with Crippen molar-refractivity contribution in [2.45, 2.75) is 37.5 Å². The maximum absolute atomic E-state index is 12.1. The average molecular weight is 331 g/mol. The number of amides is 1. The quantitative estimate of drug-likeness (QED) is 0.912. The number of rotatable bonds is 5. The van der Waals surface area contributed by atoms with Crippen molar-refractivity contribution in [2.24, 2.45) is 7.05 Å². The Hall–Kier alpha value is -1.82. The molecule has 1 amide bonds. The number of aryl methyl sites for hydroxylation is 1. The summed E-state index contributed by atoms with van der Waals surface area (Å²) in [5, 5.41) is 9.29. The fourth-order valence-electron chi connectivity index (χ4n) is 2.99. The first-order valence-electron chi connectivity index (χ1n) is 7.98. The van der Waals surface area contributed by atoms with Crippen LogP contribution in [-0.4, -0.2) is 26.7 Å². The van der Waals surface area contributed by atoms with Crippen molar-refractivity contribution < 1.29 is 4.79 Å². The third kappa shape index (κ3) is 3.75. The first kappa shape index (κ1) is 16.1. The van der Waals surface area contributed by atoms with Crippen molar-refractivity contribution in [3.05, 3.63) is 40.3 Å². The normalized spacial score (nSPS) is 15.2. The monoisotopic (exact) mass is 331 g/mol. The van der Waals surface area contributed by atoms with E-state index in [2.05, 4.69) is 10.4 Å². The molecule has 1 aromatic heterocycles. The second-order valence-corrected chi connectivity index (χ2v) is 7.20. The average Bonchev–Trinajstić information content (AvgIpc) is 3.08. The molecule has 3 rings (SSSR count). The van der Waals surface area contributed by atoms with Crippen LogP contribution in [0.2, 0.25) is 0 Å². The maximum Gasteiger partial charge on any atom is 0.274 e. The van der Waals surface area contributed by atoms with Gasteiger partial charge in [-0.05, 0) is 18.9 Å². The van der Waals surface area contributed by atoms with Gasteiger partial charge < -0.3 is 5.32 Å². The molecule has 23 heavy (non-hydrogen) atoms. The lowest BCUT2D eigenvalue weighted by Gasteiger charge is -2.11. The molecule has 5 nitrogen and oxygen atoms in total. The molecule has 1 aliphatic carbocycles. The van der Waals surface area contributed by atoms with Crippen LogP contribution >= 0.6 is 11.8 Å². The van der Waals surface area contributed by atoms with Crippen LogP contribution in [0.4, 0.5) is 0 Å². The van der Waals surface area contributed by atoms with Crippen LogP contribution in [0.1, 0.15) is 31.4 Å². The summed E-state index contributed by atoms with van der Waals surface area (Å²) in [6.07, 6.45) is 5.02. The van der Waals surface area contributed by atoms with Crippen LogP contribution < -0.4 is 10.9 Å². The molecule has 0 bridgehead atoms. The fraction of sp³-hybridized carbons (Fsp3) is 0.471. The number of benzene rings is 1. The zero-order valence-corrected chi connectivity index (χ0v) is 14.1. The summed E-state index contributed by atoms with van der Waals surface area (Å²) in [5.41, 5.74) is 0.606.